The van der Waals surface area contributed by atoms with E-state index in [1.54, 1.807) is 4.90 Å². The zero-order chi connectivity index (χ0) is 18.6. The minimum absolute atomic E-state index is 0.0408. The van der Waals surface area contributed by atoms with Crippen molar-refractivity contribution in [2.45, 2.75) is 30.8 Å². The summed E-state index contributed by atoms with van der Waals surface area (Å²) >= 11 is 6.54. The van der Waals surface area contributed by atoms with Crippen LogP contribution in [0.1, 0.15) is 25.3 Å². The first-order valence-corrected chi connectivity index (χ1v) is 9.81. The molecule has 138 valence electrons. The lowest BCUT2D eigenvalue weighted by molar-refractivity contribution is -0.180. The van der Waals surface area contributed by atoms with Gasteiger partial charge in [-0.3, -0.25) is 4.79 Å². The fourth-order valence-corrected chi connectivity index (χ4v) is 4.53. The molecule has 3 rings (SSSR count). The number of para-hydroxylation sites is 1. The molecule has 1 saturated heterocycles. The molecule has 6 nitrogen and oxygen atoms in total. The van der Waals surface area contributed by atoms with Gasteiger partial charge in [0.25, 0.3) is 11.7 Å². The monoisotopic (exact) mass is 392 g/mol. The summed E-state index contributed by atoms with van der Waals surface area (Å²) in [5.41, 5.74) is 1.55. The smallest absolute Gasteiger partial charge is 0.292 e. The van der Waals surface area contributed by atoms with E-state index in [-0.39, 0.29) is 11.2 Å². The summed E-state index contributed by atoms with van der Waals surface area (Å²) < 4.78 is 17.2. The number of nitriles is 1. The van der Waals surface area contributed by atoms with Gasteiger partial charge in [0.1, 0.15) is 0 Å². The largest absolute Gasteiger partial charge is 0.479 e. The lowest BCUT2D eigenvalue weighted by atomic mass is 10.1. The molecule has 0 bridgehead atoms. The first-order valence-electron chi connectivity index (χ1n) is 8.52. The van der Waals surface area contributed by atoms with Gasteiger partial charge in [-0.05, 0) is 31.6 Å². The molecule has 0 aliphatic carbocycles. The van der Waals surface area contributed by atoms with Crippen molar-refractivity contribution in [3.05, 3.63) is 29.8 Å². The summed E-state index contributed by atoms with van der Waals surface area (Å²) in [5.74, 6) is -1.51. The molecular formula is C18H20N2O4S2. The molecule has 1 aromatic rings. The van der Waals surface area contributed by atoms with Crippen LogP contribution in [0.2, 0.25) is 0 Å². The molecule has 1 aromatic carbocycles. The topological polar surface area (TPSA) is 71.8 Å². The van der Waals surface area contributed by atoms with E-state index in [9.17, 15) is 4.79 Å². The maximum absolute atomic E-state index is 13.0. The number of carbonyl (C=O) groups excluding carboxylic acids is 1. The summed E-state index contributed by atoms with van der Waals surface area (Å²) in [6.45, 7) is 3.61. The van der Waals surface area contributed by atoms with Gasteiger partial charge in [-0.25, -0.2) is 0 Å². The van der Waals surface area contributed by atoms with Gasteiger partial charge in [0.2, 0.25) is 4.38 Å². The number of carbonyl (C=O) groups is 1. The molecule has 1 atom stereocenters. The number of thiocarbonyl (C=S) groups is 1. The quantitative estimate of drug-likeness (QED) is 0.689. The zero-order valence-electron chi connectivity index (χ0n) is 14.5. The van der Waals surface area contributed by atoms with Crippen molar-refractivity contribution in [3.63, 3.8) is 0 Å². The van der Waals surface area contributed by atoms with Gasteiger partial charge < -0.3 is 19.1 Å². The number of ether oxygens (including phenoxy) is 3. The van der Waals surface area contributed by atoms with Crippen LogP contribution < -0.4 is 4.90 Å². The van der Waals surface area contributed by atoms with Crippen LogP contribution in [0.15, 0.2) is 24.3 Å². The second kappa shape index (κ2) is 8.35. The van der Waals surface area contributed by atoms with Gasteiger partial charge in [0, 0.05) is 23.8 Å². The third kappa shape index (κ3) is 3.58. The van der Waals surface area contributed by atoms with Crippen molar-refractivity contribution >= 4 is 40.0 Å². The Balaban J connectivity index is 1.74. The molecule has 1 amide bonds. The van der Waals surface area contributed by atoms with Gasteiger partial charge in [-0.1, -0.05) is 30.0 Å². The standard InChI is InChI=1S/C18H20N2O4S2/c1-2-22-17(25)26-13(7-9-19)8-10-20-15-6-4-3-5-14(15)18(16(20)21)23-11-12-24-18/h3-6,13H,2,7-8,10-12H2,1H3. The number of amides is 1. The lowest BCUT2D eigenvalue weighted by Crippen LogP contribution is -2.42. The molecule has 26 heavy (non-hydrogen) atoms. The predicted molar refractivity (Wildman–Crippen MR) is 103 cm³/mol. The Morgan fingerprint density at radius 2 is 2.19 bits per heavy atom. The molecule has 0 aromatic heterocycles. The van der Waals surface area contributed by atoms with Crippen LogP contribution in [-0.2, 0) is 24.8 Å². The number of fused-ring (bicyclic) bond motifs is 2. The van der Waals surface area contributed by atoms with Crippen LogP contribution in [0.5, 0.6) is 0 Å². The van der Waals surface area contributed by atoms with E-state index in [0.29, 0.717) is 43.6 Å². The minimum atomic E-state index is -1.31. The molecule has 2 heterocycles. The maximum Gasteiger partial charge on any atom is 0.292 e. The van der Waals surface area contributed by atoms with Gasteiger partial charge >= 0.3 is 0 Å². The number of thioether (sulfide) groups is 1. The number of hydrogen-bond acceptors (Lipinski definition) is 7. The summed E-state index contributed by atoms with van der Waals surface area (Å²) in [7, 11) is 0. The third-order valence-electron chi connectivity index (χ3n) is 4.29. The molecule has 1 unspecified atom stereocenters. The van der Waals surface area contributed by atoms with Crippen molar-refractivity contribution < 1.29 is 19.0 Å². The normalized spacial score (nSPS) is 18.6. The number of anilines is 1. The lowest BCUT2D eigenvalue weighted by Gasteiger charge is -2.23. The van der Waals surface area contributed by atoms with Crippen molar-refractivity contribution in [2.24, 2.45) is 0 Å². The average molecular weight is 393 g/mol. The van der Waals surface area contributed by atoms with E-state index in [2.05, 4.69) is 6.07 Å². The van der Waals surface area contributed by atoms with Gasteiger partial charge in [-0.15, -0.1) is 0 Å². The highest BCUT2D eigenvalue weighted by molar-refractivity contribution is 8.23. The van der Waals surface area contributed by atoms with Gasteiger partial charge in [0.15, 0.2) is 0 Å². The molecule has 1 fully saturated rings. The Morgan fingerprint density at radius 3 is 2.88 bits per heavy atom. The Labute approximate surface area is 162 Å². The van der Waals surface area contributed by atoms with Crippen LogP contribution in [0.3, 0.4) is 0 Å². The summed E-state index contributed by atoms with van der Waals surface area (Å²) in [6, 6.07) is 9.70. The predicted octanol–water partition coefficient (Wildman–Crippen LogP) is 2.96. The maximum atomic E-state index is 13.0. The Morgan fingerprint density at radius 1 is 1.46 bits per heavy atom. The molecule has 8 heteroatoms. The highest BCUT2D eigenvalue weighted by Crippen LogP contribution is 2.45. The van der Waals surface area contributed by atoms with E-state index in [0.717, 1.165) is 11.3 Å². The van der Waals surface area contributed by atoms with E-state index in [4.69, 9.17) is 31.7 Å². The van der Waals surface area contributed by atoms with E-state index < -0.39 is 5.79 Å². The first kappa shape index (κ1) is 19.1. The third-order valence-corrected chi connectivity index (χ3v) is 5.74. The minimum Gasteiger partial charge on any atom is -0.479 e. The Bertz CT molecular complexity index is 728. The summed E-state index contributed by atoms with van der Waals surface area (Å²) in [6.07, 6.45) is 0.946. The average Bonchev–Trinajstić information content (AvgIpc) is 3.20. The molecule has 0 saturated carbocycles. The van der Waals surface area contributed by atoms with Crippen molar-refractivity contribution in [1.82, 2.24) is 0 Å². The molecule has 0 N–H and O–H groups in total. The van der Waals surface area contributed by atoms with E-state index in [1.807, 2.05) is 31.2 Å². The van der Waals surface area contributed by atoms with Gasteiger partial charge in [-0.2, -0.15) is 5.26 Å². The van der Waals surface area contributed by atoms with E-state index in [1.165, 1.54) is 11.8 Å². The fraction of sp³-hybridized carbons (Fsp3) is 0.500. The van der Waals surface area contributed by atoms with E-state index >= 15 is 0 Å². The second-order valence-electron chi connectivity index (χ2n) is 5.86. The highest BCUT2D eigenvalue weighted by atomic mass is 32.2. The SMILES string of the molecule is CCOC(=S)SC(CC#N)CCN1C(=O)C2(OCCO2)c2ccccc21. The molecule has 2 aliphatic heterocycles. The second-order valence-corrected chi connectivity index (χ2v) is 7.76. The van der Waals surface area contributed by atoms with Crippen molar-refractivity contribution in [3.8, 4) is 6.07 Å². The molecular weight excluding hydrogens is 372 g/mol. The van der Waals surface area contributed by atoms with Crippen molar-refractivity contribution in [1.29, 1.82) is 5.26 Å². The highest BCUT2D eigenvalue weighted by Gasteiger charge is 2.55. The van der Waals surface area contributed by atoms with Crippen LogP contribution in [-0.4, -0.2) is 41.9 Å². The van der Waals surface area contributed by atoms with Crippen LogP contribution >= 0.6 is 24.0 Å². The van der Waals surface area contributed by atoms with Crippen LogP contribution in [0.25, 0.3) is 0 Å². The zero-order valence-corrected chi connectivity index (χ0v) is 16.1. The first-order chi connectivity index (χ1) is 12.6. The fourth-order valence-electron chi connectivity index (χ4n) is 3.17. The van der Waals surface area contributed by atoms with Crippen LogP contribution in [0.4, 0.5) is 5.69 Å². The summed E-state index contributed by atoms with van der Waals surface area (Å²) in [4.78, 5) is 14.7. The number of benzene rings is 1. The number of rotatable bonds is 6. The van der Waals surface area contributed by atoms with Crippen LogP contribution in [0, 0.1) is 11.3 Å². The molecule has 2 aliphatic rings. The van der Waals surface area contributed by atoms with Crippen molar-refractivity contribution in [2.75, 3.05) is 31.3 Å². The Hall–Kier alpha value is -1.66. The summed E-state index contributed by atoms with van der Waals surface area (Å²) in [5, 5.41) is 9.04. The Kier molecular flexibility index (Phi) is 6.14. The number of nitrogens with zero attached hydrogens (tertiary/aromatic N) is 2. The molecule has 1 spiro atoms. The molecule has 0 radical (unpaired) electrons. The number of hydrogen-bond donors (Lipinski definition) is 0. The van der Waals surface area contributed by atoms with Gasteiger partial charge in [0.05, 0.1) is 31.6 Å².